The van der Waals surface area contributed by atoms with Crippen LogP contribution in [0.25, 0.3) is 0 Å². The fourth-order valence-electron chi connectivity index (χ4n) is 4.90. The van der Waals surface area contributed by atoms with Crippen molar-refractivity contribution in [1.29, 1.82) is 0 Å². The Morgan fingerprint density at radius 3 is 2.29 bits per heavy atom. The van der Waals surface area contributed by atoms with Gasteiger partial charge in [-0.3, -0.25) is 14.5 Å². The highest BCUT2D eigenvalue weighted by Crippen LogP contribution is 2.29. The van der Waals surface area contributed by atoms with Crippen LogP contribution in [0.3, 0.4) is 0 Å². The number of anilines is 2. The van der Waals surface area contributed by atoms with E-state index in [0.717, 1.165) is 45.7 Å². The third-order valence-electron chi connectivity index (χ3n) is 7.02. The van der Waals surface area contributed by atoms with Crippen LogP contribution < -0.4 is 15.0 Å². The lowest BCUT2D eigenvalue weighted by molar-refractivity contribution is -0.124. The van der Waals surface area contributed by atoms with Gasteiger partial charge in [0.15, 0.2) is 5.11 Å². The molecule has 1 N–H and O–H groups in total. The molecule has 2 aromatic carbocycles. The molecule has 8 nitrogen and oxygen atoms in total. The van der Waals surface area contributed by atoms with Crippen LogP contribution in [0.4, 0.5) is 15.8 Å². The summed E-state index contributed by atoms with van der Waals surface area (Å²) in [5, 5.41) is 3.17. The summed E-state index contributed by atoms with van der Waals surface area (Å²) in [5.41, 5.74) is 1.12. The normalized spacial score (nSPS) is 18.8. The molecule has 0 unspecified atom stereocenters. The number of rotatable bonds is 11. The third-order valence-corrected chi connectivity index (χ3v) is 7.43. The SMILES string of the molecule is CCOc1ccc(N2C(=O)[C@@H](CC(=O)Nc3ccc(F)cc3)N(CCCN3CCN(CC)CC3)C2=S)cc1. The quantitative estimate of drug-likeness (QED) is 0.436. The first-order chi connectivity index (χ1) is 18.4. The average molecular weight is 542 g/mol. The highest BCUT2D eigenvalue weighted by Gasteiger charge is 2.44. The summed E-state index contributed by atoms with van der Waals surface area (Å²) >= 11 is 5.79. The number of likely N-dealkylation sites (N-methyl/N-ethyl adjacent to an activating group) is 1. The molecular formula is C28H36FN5O3S. The Bertz CT molecular complexity index is 1110. The Morgan fingerprint density at radius 2 is 1.66 bits per heavy atom. The van der Waals surface area contributed by atoms with Crippen molar-refractivity contribution in [1.82, 2.24) is 14.7 Å². The fraction of sp³-hybridized carbons (Fsp3) is 0.464. The van der Waals surface area contributed by atoms with Gasteiger partial charge in [0.25, 0.3) is 5.91 Å². The number of hydrogen-bond donors (Lipinski definition) is 1. The zero-order valence-electron chi connectivity index (χ0n) is 22.1. The van der Waals surface area contributed by atoms with Gasteiger partial charge in [0.05, 0.1) is 18.7 Å². The number of halogens is 1. The van der Waals surface area contributed by atoms with E-state index in [1.807, 2.05) is 36.1 Å². The average Bonchev–Trinajstić information content (AvgIpc) is 3.15. The van der Waals surface area contributed by atoms with Gasteiger partial charge in [-0.25, -0.2) is 4.39 Å². The monoisotopic (exact) mass is 541 g/mol. The zero-order valence-corrected chi connectivity index (χ0v) is 22.9. The second kappa shape index (κ2) is 13.1. The minimum absolute atomic E-state index is 0.0565. The van der Waals surface area contributed by atoms with Gasteiger partial charge in [0.1, 0.15) is 17.6 Å². The van der Waals surface area contributed by atoms with Gasteiger partial charge < -0.3 is 24.8 Å². The minimum atomic E-state index is -0.716. The van der Waals surface area contributed by atoms with E-state index in [0.29, 0.717) is 35.4 Å². The van der Waals surface area contributed by atoms with Gasteiger partial charge >= 0.3 is 0 Å². The molecule has 0 spiro atoms. The van der Waals surface area contributed by atoms with E-state index in [-0.39, 0.29) is 24.1 Å². The van der Waals surface area contributed by atoms with Crippen molar-refractivity contribution in [2.75, 3.05) is 62.6 Å². The highest BCUT2D eigenvalue weighted by molar-refractivity contribution is 7.80. The molecule has 2 fully saturated rings. The molecule has 2 heterocycles. The highest BCUT2D eigenvalue weighted by atomic mass is 32.1. The van der Waals surface area contributed by atoms with Crippen molar-refractivity contribution in [3.05, 3.63) is 54.3 Å². The zero-order chi connectivity index (χ0) is 27.1. The molecule has 2 saturated heterocycles. The van der Waals surface area contributed by atoms with Crippen LogP contribution >= 0.6 is 12.2 Å². The van der Waals surface area contributed by atoms with Crippen LogP contribution in [0.1, 0.15) is 26.7 Å². The molecule has 38 heavy (non-hydrogen) atoms. The van der Waals surface area contributed by atoms with Crippen LogP contribution in [0.5, 0.6) is 5.75 Å². The molecule has 0 aliphatic carbocycles. The van der Waals surface area contributed by atoms with Crippen LogP contribution in [-0.4, -0.2) is 90.1 Å². The number of nitrogens with zero attached hydrogens (tertiary/aromatic N) is 4. The lowest BCUT2D eigenvalue weighted by Gasteiger charge is -2.34. The Morgan fingerprint density at radius 1 is 1.00 bits per heavy atom. The molecule has 1 atom stereocenters. The molecule has 204 valence electrons. The predicted octanol–water partition coefficient (Wildman–Crippen LogP) is 3.58. The number of ether oxygens (including phenoxy) is 1. The van der Waals surface area contributed by atoms with Crippen molar-refractivity contribution in [2.45, 2.75) is 32.7 Å². The van der Waals surface area contributed by atoms with Crippen molar-refractivity contribution in [3.63, 3.8) is 0 Å². The van der Waals surface area contributed by atoms with Crippen molar-refractivity contribution in [2.24, 2.45) is 0 Å². The molecule has 0 bridgehead atoms. The molecule has 2 aromatic rings. The summed E-state index contributed by atoms with van der Waals surface area (Å²) in [6.07, 6.45) is 0.770. The van der Waals surface area contributed by atoms with Gasteiger partial charge in [-0.15, -0.1) is 0 Å². The molecule has 2 aliphatic rings. The van der Waals surface area contributed by atoms with E-state index in [9.17, 15) is 14.0 Å². The molecule has 10 heteroatoms. The summed E-state index contributed by atoms with van der Waals surface area (Å²) in [7, 11) is 0. The minimum Gasteiger partial charge on any atom is -0.494 e. The lowest BCUT2D eigenvalue weighted by Crippen LogP contribution is -2.47. The Kier molecular flexibility index (Phi) is 9.65. The number of thiocarbonyl (C=S) groups is 1. The van der Waals surface area contributed by atoms with Crippen LogP contribution in [0.15, 0.2) is 48.5 Å². The topological polar surface area (TPSA) is 68.4 Å². The largest absolute Gasteiger partial charge is 0.494 e. The summed E-state index contributed by atoms with van der Waals surface area (Å²) in [6, 6.07) is 12.1. The smallest absolute Gasteiger partial charge is 0.256 e. The van der Waals surface area contributed by atoms with Crippen molar-refractivity contribution >= 4 is 40.5 Å². The number of carbonyl (C=O) groups is 2. The number of hydrogen-bond acceptors (Lipinski definition) is 6. The number of amides is 2. The van der Waals surface area contributed by atoms with Crippen LogP contribution in [0.2, 0.25) is 0 Å². The van der Waals surface area contributed by atoms with Crippen molar-refractivity contribution < 1.29 is 18.7 Å². The predicted molar refractivity (Wildman–Crippen MR) is 151 cm³/mol. The van der Waals surface area contributed by atoms with Crippen LogP contribution in [-0.2, 0) is 9.59 Å². The molecule has 2 aliphatic heterocycles. The van der Waals surface area contributed by atoms with Crippen molar-refractivity contribution in [3.8, 4) is 5.75 Å². The first-order valence-corrected chi connectivity index (χ1v) is 13.7. The number of benzene rings is 2. The van der Waals surface area contributed by atoms with Gasteiger partial charge in [-0.1, -0.05) is 6.92 Å². The Labute approximate surface area is 229 Å². The van der Waals surface area contributed by atoms with E-state index in [1.54, 1.807) is 0 Å². The standard InChI is InChI=1S/C28H36FN5O3S/c1-3-31-16-18-32(19-17-31)14-5-15-33-25(20-26(35)30-22-8-6-21(29)7-9-22)27(36)34(28(33)38)23-10-12-24(13-11-23)37-4-2/h6-13,25H,3-5,14-20H2,1-2H3,(H,30,35)/t25-/m1/s1. The summed E-state index contributed by atoms with van der Waals surface area (Å²) in [6.45, 7) is 11.4. The summed E-state index contributed by atoms with van der Waals surface area (Å²) in [4.78, 5) is 34.8. The molecule has 2 amide bonds. The van der Waals surface area contributed by atoms with Gasteiger partial charge in [0.2, 0.25) is 5.91 Å². The first-order valence-electron chi connectivity index (χ1n) is 13.3. The summed E-state index contributed by atoms with van der Waals surface area (Å²) < 4.78 is 18.8. The lowest BCUT2D eigenvalue weighted by atomic mass is 10.1. The molecule has 4 rings (SSSR count). The molecule has 0 radical (unpaired) electrons. The molecule has 0 saturated carbocycles. The molecular weight excluding hydrogens is 505 g/mol. The summed E-state index contributed by atoms with van der Waals surface area (Å²) in [5.74, 6) is -0.228. The maximum absolute atomic E-state index is 13.6. The Balaban J connectivity index is 1.45. The van der Waals surface area contributed by atoms with E-state index < -0.39 is 6.04 Å². The first kappa shape index (κ1) is 27.9. The van der Waals surface area contributed by atoms with Gasteiger partial charge in [-0.05, 0) is 87.2 Å². The maximum atomic E-state index is 13.6. The molecule has 0 aromatic heterocycles. The van der Waals surface area contributed by atoms with E-state index in [1.165, 1.54) is 29.2 Å². The van der Waals surface area contributed by atoms with Gasteiger partial charge in [-0.2, -0.15) is 0 Å². The fourth-order valence-corrected chi connectivity index (χ4v) is 5.31. The number of carbonyl (C=O) groups excluding carboxylic acids is 2. The van der Waals surface area contributed by atoms with E-state index in [2.05, 4.69) is 22.0 Å². The van der Waals surface area contributed by atoms with E-state index >= 15 is 0 Å². The number of piperazine rings is 1. The van der Waals surface area contributed by atoms with Crippen LogP contribution in [0, 0.1) is 5.82 Å². The maximum Gasteiger partial charge on any atom is 0.256 e. The van der Waals surface area contributed by atoms with Gasteiger partial charge in [0, 0.05) is 38.4 Å². The second-order valence-corrected chi connectivity index (χ2v) is 9.85. The number of nitrogens with one attached hydrogen (secondary N) is 1. The second-order valence-electron chi connectivity index (χ2n) is 9.48. The van der Waals surface area contributed by atoms with E-state index in [4.69, 9.17) is 17.0 Å². The Hall–Kier alpha value is -3.08. The third kappa shape index (κ3) is 6.86.